The number of benzene rings is 1. The number of hydrogen-bond donors (Lipinski definition) is 2. The summed E-state index contributed by atoms with van der Waals surface area (Å²) in [5.41, 5.74) is 0.918. The highest BCUT2D eigenvalue weighted by Gasteiger charge is 1.96. The third-order valence-electron chi connectivity index (χ3n) is 1.58. The van der Waals surface area contributed by atoms with Gasteiger partial charge in [0.25, 0.3) is 0 Å². The lowest BCUT2D eigenvalue weighted by atomic mass is 10.2. The van der Waals surface area contributed by atoms with Crippen LogP contribution in [0.2, 0.25) is 5.02 Å². The van der Waals surface area contributed by atoms with Crippen LogP contribution in [0.15, 0.2) is 24.3 Å². The van der Waals surface area contributed by atoms with Gasteiger partial charge in [-0.15, -0.1) is 0 Å². The number of aromatic hydroxyl groups is 1. The third-order valence-corrected chi connectivity index (χ3v) is 2.16. The summed E-state index contributed by atoms with van der Waals surface area (Å²) < 4.78 is 0. The second kappa shape index (κ2) is 5.20. The predicted molar refractivity (Wildman–Crippen MR) is 60.6 cm³/mol. The Morgan fingerprint density at radius 2 is 2.23 bits per heavy atom. The van der Waals surface area contributed by atoms with Gasteiger partial charge in [0.15, 0.2) is 0 Å². The minimum Gasteiger partial charge on any atom is -0.508 e. The number of halogens is 1. The molecule has 0 atom stereocenters. The van der Waals surface area contributed by atoms with Crippen LogP contribution in [-0.2, 0) is 0 Å². The molecule has 0 spiro atoms. The van der Waals surface area contributed by atoms with Crippen molar-refractivity contribution >= 4 is 30.3 Å². The normalized spacial score (nSPS) is 10.9. The Labute approximate surface area is 88.5 Å². The molecule has 0 aromatic heterocycles. The summed E-state index contributed by atoms with van der Waals surface area (Å²) in [6.07, 6.45) is 4.85. The fourth-order valence-corrected chi connectivity index (χ4v) is 1.32. The van der Waals surface area contributed by atoms with Gasteiger partial charge in [0.05, 0.1) is 5.02 Å². The quantitative estimate of drug-likeness (QED) is 0.740. The van der Waals surface area contributed by atoms with E-state index in [1.807, 2.05) is 12.2 Å². The molecule has 0 fully saturated rings. The minimum atomic E-state index is 0.191. The Balaban J connectivity index is 2.77. The van der Waals surface area contributed by atoms with E-state index in [-0.39, 0.29) is 5.75 Å². The lowest BCUT2D eigenvalue weighted by molar-refractivity contribution is 0.475. The molecule has 0 saturated carbocycles. The van der Waals surface area contributed by atoms with E-state index in [2.05, 4.69) is 12.6 Å². The second-order valence-electron chi connectivity index (χ2n) is 2.62. The van der Waals surface area contributed by atoms with Crippen LogP contribution in [0.5, 0.6) is 5.75 Å². The second-order valence-corrected chi connectivity index (χ2v) is 3.47. The maximum absolute atomic E-state index is 9.09. The SMILES string of the molecule is Oc1ccc(C=CCCS)c(Cl)c1. The lowest BCUT2D eigenvalue weighted by Gasteiger charge is -1.98. The van der Waals surface area contributed by atoms with Gasteiger partial charge in [-0.3, -0.25) is 0 Å². The lowest BCUT2D eigenvalue weighted by Crippen LogP contribution is -1.75. The van der Waals surface area contributed by atoms with E-state index >= 15 is 0 Å². The molecule has 1 nitrogen and oxygen atoms in total. The van der Waals surface area contributed by atoms with Gasteiger partial charge >= 0.3 is 0 Å². The van der Waals surface area contributed by atoms with E-state index in [0.29, 0.717) is 5.02 Å². The number of phenols is 1. The number of rotatable bonds is 3. The first-order valence-electron chi connectivity index (χ1n) is 4.00. The molecule has 0 radical (unpaired) electrons. The first kappa shape index (κ1) is 10.5. The zero-order valence-corrected chi connectivity index (χ0v) is 8.72. The van der Waals surface area contributed by atoms with Gasteiger partial charge in [-0.2, -0.15) is 12.6 Å². The largest absolute Gasteiger partial charge is 0.508 e. The molecule has 0 saturated heterocycles. The van der Waals surface area contributed by atoms with Gasteiger partial charge in [0.2, 0.25) is 0 Å². The molecule has 0 aliphatic carbocycles. The Morgan fingerprint density at radius 1 is 1.46 bits per heavy atom. The van der Waals surface area contributed by atoms with Crippen molar-refractivity contribution in [2.45, 2.75) is 6.42 Å². The molecule has 0 amide bonds. The number of thiol groups is 1. The van der Waals surface area contributed by atoms with Crippen molar-refractivity contribution in [1.82, 2.24) is 0 Å². The van der Waals surface area contributed by atoms with Gasteiger partial charge in [0.1, 0.15) is 5.75 Å². The zero-order valence-electron chi connectivity index (χ0n) is 7.07. The van der Waals surface area contributed by atoms with Crippen molar-refractivity contribution < 1.29 is 5.11 Å². The monoisotopic (exact) mass is 214 g/mol. The highest BCUT2D eigenvalue weighted by molar-refractivity contribution is 7.80. The Hall–Kier alpha value is -0.600. The number of allylic oxidation sites excluding steroid dienone is 1. The molecule has 13 heavy (non-hydrogen) atoms. The summed E-state index contributed by atoms with van der Waals surface area (Å²) in [5.74, 6) is 1.02. The highest BCUT2D eigenvalue weighted by Crippen LogP contribution is 2.22. The fourth-order valence-electron chi connectivity index (χ4n) is 0.936. The van der Waals surface area contributed by atoms with Crippen molar-refractivity contribution in [3.8, 4) is 5.75 Å². The molecule has 0 bridgehead atoms. The smallest absolute Gasteiger partial charge is 0.117 e. The van der Waals surface area contributed by atoms with E-state index in [9.17, 15) is 0 Å². The van der Waals surface area contributed by atoms with Gasteiger partial charge in [-0.05, 0) is 35.9 Å². The summed E-state index contributed by atoms with van der Waals surface area (Å²) in [6, 6.07) is 4.93. The molecule has 3 heteroatoms. The van der Waals surface area contributed by atoms with Crippen LogP contribution in [0, 0.1) is 0 Å². The van der Waals surface area contributed by atoms with Crippen LogP contribution in [0.4, 0.5) is 0 Å². The standard InChI is InChI=1S/C10H11ClOS/c11-10-7-9(12)5-4-8(10)3-1-2-6-13/h1,3-5,7,12-13H,2,6H2. The average molecular weight is 215 g/mol. The summed E-state index contributed by atoms with van der Waals surface area (Å²) >= 11 is 9.96. The van der Waals surface area contributed by atoms with Crippen LogP contribution < -0.4 is 0 Å². The molecule has 1 aromatic carbocycles. The summed E-state index contributed by atoms with van der Waals surface area (Å²) in [6.45, 7) is 0. The highest BCUT2D eigenvalue weighted by atomic mass is 35.5. The molecule has 0 unspecified atom stereocenters. The number of phenolic OH excluding ortho intramolecular Hbond substituents is 1. The fraction of sp³-hybridized carbons (Fsp3) is 0.200. The van der Waals surface area contributed by atoms with E-state index < -0.39 is 0 Å². The predicted octanol–water partition coefficient (Wildman–Crippen LogP) is 3.38. The topological polar surface area (TPSA) is 20.2 Å². The molecule has 70 valence electrons. The van der Waals surface area contributed by atoms with E-state index in [1.165, 1.54) is 6.07 Å². The first-order valence-corrected chi connectivity index (χ1v) is 5.01. The zero-order chi connectivity index (χ0) is 9.68. The Kier molecular flexibility index (Phi) is 4.19. The maximum atomic E-state index is 9.09. The molecule has 0 aliphatic heterocycles. The van der Waals surface area contributed by atoms with E-state index in [0.717, 1.165) is 17.7 Å². The molecular formula is C10H11ClOS. The number of hydrogen-bond acceptors (Lipinski definition) is 2. The summed E-state index contributed by atoms with van der Waals surface area (Å²) in [7, 11) is 0. The molecule has 1 aromatic rings. The van der Waals surface area contributed by atoms with Gasteiger partial charge in [-0.25, -0.2) is 0 Å². The van der Waals surface area contributed by atoms with Gasteiger partial charge in [-0.1, -0.05) is 23.8 Å². The molecule has 0 aliphatic rings. The van der Waals surface area contributed by atoms with Crippen LogP contribution >= 0.6 is 24.2 Å². The van der Waals surface area contributed by atoms with Gasteiger partial charge in [0, 0.05) is 0 Å². The van der Waals surface area contributed by atoms with Crippen molar-refractivity contribution in [2.75, 3.05) is 5.75 Å². The molecule has 0 heterocycles. The van der Waals surface area contributed by atoms with Crippen LogP contribution in [0.3, 0.4) is 0 Å². The Morgan fingerprint density at radius 3 is 2.85 bits per heavy atom. The molecule has 1 N–H and O–H groups in total. The van der Waals surface area contributed by atoms with Crippen LogP contribution in [0.1, 0.15) is 12.0 Å². The van der Waals surface area contributed by atoms with E-state index in [4.69, 9.17) is 16.7 Å². The Bertz CT molecular complexity index is 310. The van der Waals surface area contributed by atoms with Crippen molar-refractivity contribution in [3.63, 3.8) is 0 Å². The summed E-state index contributed by atoms with van der Waals surface area (Å²) in [4.78, 5) is 0. The van der Waals surface area contributed by atoms with Crippen molar-refractivity contribution in [3.05, 3.63) is 34.9 Å². The average Bonchev–Trinajstić information content (AvgIpc) is 2.09. The molecule has 1 rings (SSSR count). The van der Waals surface area contributed by atoms with Crippen molar-refractivity contribution in [1.29, 1.82) is 0 Å². The minimum absolute atomic E-state index is 0.191. The third kappa shape index (κ3) is 3.33. The van der Waals surface area contributed by atoms with Crippen molar-refractivity contribution in [2.24, 2.45) is 0 Å². The van der Waals surface area contributed by atoms with Crippen LogP contribution in [0.25, 0.3) is 6.08 Å². The first-order chi connectivity index (χ1) is 6.24. The summed E-state index contributed by atoms with van der Waals surface area (Å²) in [5, 5.41) is 9.65. The maximum Gasteiger partial charge on any atom is 0.117 e. The van der Waals surface area contributed by atoms with Crippen LogP contribution in [-0.4, -0.2) is 10.9 Å². The van der Waals surface area contributed by atoms with Gasteiger partial charge < -0.3 is 5.11 Å². The van der Waals surface area contributed by atoms with E-state index in [1.54, 1.807) is 12.1 Å². The molecular weight excluding hydrogens is 204 g/mol.